The van der Waals surface area contributed by atoms with Crippen LogP contribution >= 0.6 is 0 Å². The van der Waals surface area contributed by atoms with E-state index in [1.54, 1.807) is 9.96 Å². The normalized spacial score (nSPS) is 13.5. The standard InChI is InChI=1S/C27H22NO.C21H28GeN.Ir/c1-18(2)15-19-13-14-28-25(16-19)24-10-6-9-23-22-12-11-21(17-26(22)29-27(23)24)20-7-4-3-5-8-20;1-22(2,3)20-16-23-21(18-12-8-5-9-13-18)15-19(20)14-17-10-6-4-7-11-17;/h3-9,11-14,16-18H,15H2,1-2H3;5,8-9,12,15-17H,4,6-7,10-11,14H2,1-3H3;/q2*-1;. The van der Waals surface area contributed by atoms with Gasteiger partial charge >= 0.3 is 144 Å². The molecule has 0 aliphatic heterocycles. The summed E-state index contributed by atoms with van der Waals surface area (Å²) in [5, 5.41) is 2.22. The van der Waals surface area contributed by atoms with Gasteiger partial charge in [0.2, 0.25) is 0 Å². The van der Waals surface area contributed by atoms with Crippen molar-refractivity contribution >= 4 is 39.6 Å². The van der Waals surface area contributed by atoms with Crippen molar-refractivity contribution in [2.45, 2.75) is 76.1 Å². The van der Waals surface area contributed by atoms with Crippen LogP contribution in [0.2, 0.25) is 17.3 Å². The van der Waals surface area contributed by atoms with Gasteiger partial charge in [0.1, 0.15) is 5.58 Å². The Kier molecular flexibility index (Phi) is 12.9. The average molecular weight is 936 g/mol. The van der Waals surface area contributed by atoms with Crippen molar-refractivity contribution in [1.82, 2.24) is 9.97 Å². The first-order valence-corrected chi connectivity index (χ1v) is 26.4. The molecule has 0 saturated heterocycles. The van der Waals surface area contributed by atoms with Crippen LogP contribution < -0.4 is 4.40 Å². The predicted molar refractivity (Wildman–Crippen MR) is 222 cm³/mol. The minimum Gasteiger partial charge on any atom is 0 e. The number of pyridine rings is 2. The molecule has 3 aromatic heterocycles. The Bertz CT molecular complexity index is 2250. The molecule has 273 valence electrons. The van der Waals surface area contributed by atoms with E-state index in [9.17, 15) is 0 Å². The van der Waals surface area contributed by atoms with E-state index in [-0.39, 0.29) is 20.1 Å². The van der Waals surface area contributed by atoms with Crippen LogP contribution in [0.1, 0.15) is 57.1 Å². The van der Waals surface area contributed by atoms with Gasteiger partial charge in [-0.15, -0.1) is 18.2 Å². The fraction of sp³-hybridized carbons (Fsp3) is 0.292. The Labute approximate surface area is 332 Å². The van der Waals surface area contributed by atoms with Gasteiger partial charge < -0.3 is 9.40 Å². The zero-order valence-electron chi connectivity index (χ0n) is 31.7. The molecule has 0 unspecified atom stereocenters. The summed E-state index contributed by atoms with van der Waals surface area (Å²) < 4.78 is 7.94. The van der Waals surface area contributed by atoms with E-state index in [0.717, 1.165) is 62.4 Å². The van der Waals surface area contributed by atoms with Crippen LogP contribution in [-0.4, -0.2) is 23.2 Å². The molecule has 1 saturated carbocycles. The Morgan fingerprint density at radius 2 is 1.55 bits per heavy atom. The largest absolute Gasteiger partial charge is 0 e. The molecule has 3 heterocycles. The van der Waals surface area contributed by atoms with Gasteiger partial charge in [0.25, 0.3) is 0 Å². The summed E-state index contributed by atoms with van der Waals surface area (Å²) in [4.78, 5) is 9.40. The van der Waals surface area contributed by atoms with Crippen LogP contribution in [0.3, 0.4) is 0 Å². The molecule has 0 atom stereocenters. The summed E-state index contributed by atoms with van der Waals surface area (Å²) in [6.45, 7) is 4.47. The van der Waals surface area contributed by atoms with Gasteiger partial charge in [0.15, 0.2) is 0 Å². The van der Waals surface area contributed by atoms with Gasteiger partial charge in [-0.3, -0.25) is 0 Å². The van der Waals surface area contributed by atoms with Crippen LogP contribution in [0.5, 0.6) is 0 Å². The molecule has 1 fully saturated rings. The van der Waals surface area contributed by atoms with Crippen molar-refractivity contribution in [2.75, 3.05) is 0 Å². The average Bonchev–Trinajstić information content (AvgIpc) is 3.54. The van der Waals surface area contributed by atoms with Crippen molar-refractivity contribution in [3.05, 3.63) is 139 Å². The first-order chi connectivity index (χ1) is 25.2. The monoisotopic (exact) mass is 937 g/mol. The molecule has 0 amide bonds. The molecule has 5 heteroatoms. The Morgan fingerprint density at radius 3 is 2.28 bits per heavy atom. The Hall–Kier alpha value is -3.83. The molecule has 0 spiro atoms. The maximum Gasteiger partial charge on any atom is 0 e. The zero-order valence-corrected chi connectivity index (χ0v) is 36.2. The second-order valence-electron chi connectivity index (χ2n) is 15.9. The SMILES string of the molecule is CC(C)Cc1ccnc(-c2[c-]ccc3c2oc2cc(-c4ccccc4)ccc23)c1.[CH3][Ge]([CH3])([CH3])[c]1cnc(-c2[c-]cccc2)cc1CC1CCCCC1.[Ir]. The number of furan rings is 1. The van der Waals surface area contributed by atoms with Crippen LogP contribution in [0.4, 0.5) is 0 Å². The van der Waals surface area contributed by atoms with Crippen molar-refractivity contribution in [3.8, 4) is 33.6 Å². The minimum atomic E-state index is -1.89. The molecule has 0 N–H and O–H groups in total. The van der Waals surface area contributed by atoms with Gasteiger partial charge in [-0.05, 0) is 41.3 Å². The zero-order chi connectivity index (χ0) is 36.1. The quantitative estimate of drug-likeness (QED) is 0.113. The van der Waals surface area contributed by atoms with Crippen molar-refractivity contribution < 1.29 is 24.5 Å². The third-order valence-corrected chi connectivity index (χ3v) is 14.6. The van der Waals surface area contributed by atoms with E-state index >= 15 is 0 Å². The molecule has 0 bridgehead atoms. The number of aromatic nitrogens is 2. The second-order valence-corrected chi connectivity index (χ2v) is 26.5. The van der Waals surface area contributed by atoms with E-state index in [4.69, 9.17) is 9.40 Å². The number of hydrogen-bond acceptors (Lipinski definition) is 3. The van der Waals surface area contributed by atoms with Gasteiger partial charge in [-0.25, -0.2) is 0 Å². The predicted octanol–water partition coefficient (Wildman–Crippen LogP) is 12.5. The Morgan fingerprint density at radius 1 is 0.755 bits per heavy atom. The van der Waals surface area contributed by atoms with Gasteiger partial charge in [0, 0.05) is 31.7 Å². The summed E-state index contributed by atoms with van der Waals surface area (Å²) in [6.07, 6.45) is 13.4. The first kappa shape index (κ1) is 38.9. The molecule has 3 nitrogen and oxygen atoms in total. The minimum absolute atomic E-state index is 0. The van der Waals surface area contributed by atoms with E-state index in [0.29, 0.717) is 5.92 Å². The second kappa shape index (κ2) is 17.5. The van der Waals surface area contributed by atoms with Crippen molar-refractivity contribution in [2.24, 2.45) is 11.8 Å². The number of hydrogen-bond donors (Lipinski definition) is 0. The summed E-state index contributed by atoms with van der Waals surface area (Å²) in [7, 11) is 0. The summed E-state index contributed by atoms with van der Waals surface area (Å²) >= 11 is -1.89. The van der Waals surface area contributed by atoms with Gasteiger partial charge in [-0.2, -0.15) is 0 Å². The molecule has 7 aromatic rings. The smallest absolute Gasteiger partial charge is 0 e. The maximum atomic E-state index is 6.35. The van der Waals surface area contributed by atoms with Gasteiger partial charge in [0.05, 0.1) is 5.58 Å². The van der Waals surface area contributed by atoms with Crippen LogP contribution in [0.15, 0.2) is 120 Å². The third kappa shape index (κ3) is 9.46. The molecule has 1 aliphatic carbocycles. The Balaban J connectivity index is 0.000000183. The third-order valence-electron chi connectivity index (χ3n) is 10.3. The van der Waals surface area contributed by atoms with E-state index in [1.165, 1.54) is 49.7 Å². The van der Waals surface area contributed by atoms with Crippen LogP contribution in [-0.2, 0) is 32.9 Å². The van der Waals surface area contributed by atoms with E-state index < -0.39 is 13.3 Å². The number of nitrogens with zero attached hydrogens (tertiary/aromatic N) is 2. The van der Waals surface area contributed by atoms with Crippen molar-refractivity contribution in [3.63, 3.8) is 0 Å². The first-order valence-electron chi connectivity index (χ1n) is 19.1. The number of fused-ring (bicyclic) bond motifs is 3. The summed E-state index contributed by atoms with van der Waals surface area (Å²) in [5.74, 6) is 8.93. The van der Waals surface area contributed by atoms with Gasteiger partial charge in [-0.1, -0.05) is 78.9 Å². The van der Waals surface area contributed by atoms with Crippen LogP contribution in [0.25, 0.3) is 55.6 Å². The van der Waals surface area contributed by atoms with Crippen molar-refractivity contribution in [1.29, 1.82) is 0 Å². The molecule has 1 radical (unpaired) electrons. The molecule has 8 rings (SSSR count). The van der Waals surface area contributed by atoms with Crippen LogP contribution in [0, 0.1) is 24.0 Å². The van der Waals surface area contributed by atoms with E-state index in [1.807, 2.05) is 30.5 Å². The fourth-order valence-electron chi connectivity index (χ4n) is 7.69. The molecule has 1 aliphatic rings. The molecular formula is C48H50GeIrN2O-2. The summed E-state index contributed by atoms with van der Waals surface area (Å²) in [5.41, 5.74) is 11.0. The fourth-order valence-corrected chi connectivity index (χ4v) is 11.0. The topological polar surface area (TPSA) is 38.9 Å². The molecular weight excluding hydrogens is 885 g/mol. The van der Waals surface area contributed by atoms with E-state index in [2.05, 4.69) is 133 Å². The number of rotatable bonds is 8. The molecule has 53 heavy (non-hydrogen) atoms. The maximum absolute atomic E-state index is 6.35. The number of benzene rings is 4. The summed E-state index contributed by atoms with van der Waals surface area (Å²) in [6, 6.07) is 42.3. The molecule has 4 aromatic carbocycles.